The van der Waals surface area contributed by atoms with Crippen LogP contribution in [0.25, 0.3) is 0 Å². The summed E-state index contributed by atoms with van der Waals surface area (Å²) in [4.78, 5) is 13.2. The number of nitrogens with zero attached hydrogens (tertiary/aromatic N) is 5. The number of pyridine rings is 1. The second kappa shape index (κ2) is 6.05. The number of hydrogen-bond acceptors (Lipinski definition) is 4. The van der Waals surface area contributed by atoms with E-state index < -0.39 is 0 Å². The molecule has 0 bridgehead atoms. The second-order valence-electron chi connectivity index (χ2n) is 5.29. The molecule has 0 amide bonds. The van der Waals surface area contributed by atoms with Gasteiger partial charge in [-0.2, -0.15) is 0 Å². The van der Waals surface area contributed by atoms with E-state index in [1.165, 1.54) is 11.3 Å². The monoisotopic (exact) mass is 271 g/mol. The van der Waals surface area contributed by atoms with E-state index in [4.69, 9.17) is 0 Å². The average molecular weight is 271 g/mol. The first-order valence-corrected chi connectivity index (χ1v) is 7.16. The smallest absolute Gasteiger partial charge is 0.0946 e. The molecule has 1 aliphatic heterocycles. The van der Waals surface area contributed by atoms with Crippen LogP contribution in [0.4, 0.5) is 5.69 Å². The standard InChI is InChI=1S/C15H21N5/c1-14-12-16-3-2-15(14)20-10-8-18(9-11-20)6-7-19-5-4-17-13-19/h2-5,12-13H,6-11H2,1H3. The van der Waals surface area contributed by atoms with Crippen molar-refractivity contribution in [2.75, 3.05) is 37.6 Å². The van der Waals surface area contributed by atoms with Gasteiger partial charge in [0, 0.05) is 69.7 Å². The predicted molar refractivity (Wildman–Crippen MR) is 79.9 cm³/mol. The van der Waals surface area contributed by atoms with Crippen LogP contribution in [0.5, 0.6) is 0 Å². The fourth-order valence-corrected chi connectivity index (χ4v) is 2.71. The first-order valence-electron chi connectivity index (χ1n) is 7.16. The zero-order valence-corrected chi connectivity index (χ0v) is 11.9. The summed E-state index contributed by atoms with van der Waals surface area (Å²) in [5.74, 6) is 0. The molecule has 3 heterocycles. The SMILES string of the molecule is Cc1cnccc1N1CCN(CCn2ccnc2)CC1. The molecular weight excluding hydrogens is 250 g/mol. The van der Waals surface area contributed by atoms with Crippen molar-refractivity contribution < 1.29 is 0 Å². The molecule has 0 radical (unpaired) electrons. The molecule has 1 fully saturated rings. The lowest BCUT2D eigenvalue weighted by molar-refractivity contribution is 0.248. The van der Waals surface area contributed by atoms with Crippen molar-refractivity contribution in [3.63, 3.8) is 0 Å². The van der Waals surface area contributed by atoms with Gasteiger partial charge in [0.2, 0.25) is 0 Å². The van der Waals surface area contributed by atoms with Crippen molar-refractivity contribution >= 4 is 5.69 Å². The van der Waals surface area contributed by atoms with Crippen molar-refractivity contribution in [1.29, 1.82) is 0 Å². The Kier molecular flexibility index (Phi) is 3.97. The van der Waals surface area contributed by atoms with Crippen molar-refractivity contribution in [2.24, 2.45) is 0 Å². The van der Waals surface area contributed by atoms with Crippen LogP contribution in [0.3, 0.4) is 0 Å². The maximum atomic E-state index is 4.17. The minimum Gasteiger partial charge on any atom is -0.369 e. The van der Waals surface area contributed by atoms with Gasteiger partial charge in [-0.05, 0) is 18.6 Å². The summed E-state index contributed by atoms with van der Waals surface area (Å²) < 4.78 is 2.14. The molecule has 5 nitrogen and oxygen atoms in total. The molecule has 2 aromatic heterocycles. The van der Waals surface area contributed by atoms with Crippen molar-refractivity contribution in [2.45, 2.75) is 13.5 Å². The van der Waals surface area contributed by atoms with Crippen LogP contribution in [0.15, 0.2) is 37.2 Å². The number of hydrogen-bond donors (Lipinski definition) is 0. The summed E-state index contributed by atoms with van der Waals surface area (Å²) in [7, 11) is 0. The molecule has 0 aliphatic carbocycles. The highest BCUT2D eigenvalue weighted by Crippen LogP contribution is 2.19. The lowest BCUT2D eigenvalue weighted by Gasteiger charge is -2.36. The van der Waals surface area contributed by atoms with Crippen molar-refractivity contribution in [3.05, 3.63) is 42.7 Å². The van der Waals surface area contributed by atoms with Gasteiger partial charge in [0.1, 0.15) is 0 Å². The molecule has 3 rings (SSSR count). The number of aromatic nitrogens is 3. The molecular formula is C15H21N5. The minimum absolute atomic E-state index is 1.02. The fourth-order valence-electron chi connectivity index (χ4n) is 2.71. The summed E-state index contributed by atoms with van der Waals surface area (Å²) in [6.07, 6.45) is 9.58. The van der Waals surface area contributed by atoms with Gasteiger partial charge in [-0.3, -0.25) is 9.88 Å². The summed E-state index contributed by atoms with van der Waals surface area (Å²) in [6.45, 7) is 8.68. The molecule has 0 unspecified atom stereocenters. The molecule has 0 atom stereocenters. The van der Waals surface area contributed by atoms with E-state index in [2.05, 4.69) is 37.3 Å². The maximum absolute atomic E-state index is 4.17. The molecule has 0 spiro atoms. The fraction of sp³-hybridized carbons (Fsp3) is 0.467. The van der Waals surface area contributed by atoms with Crippen LogP contribution in [-0.2, 0) is 6.54 Å². The van der Waals surface area contributed by atoms with Gasteiger partial charge in [-0.1, -0.05) is 0 Å². The quantitative estimate of drug-likeness (QED) is 0.842. The van der Waals surface area contributed by atoms with E-state index in [0.29, 0.717) is 0 Å². The van der Waals surface area contributed by atoms with Crippen LogP contribution in [0.2, 0.25) is 0 Å². The van der Waals surface area contributed by atoms with E-state index in [1.807, 2.05) is 31.1 Å². The van der Waals surface area contributed by atoms with Crippen LogP contribution >= 0.6 is 0 Å². The molecule has 2 aromatic rings. The van der Waals surface area contributed by atoms with E-state index in [9.17, 15) is 0 Å². The molecule has 0 saturated carbocycles. The molecule has 1 saturated heterocycles. The Balaban J connectivity index is 1.51. The molecule has 106 valence electrons. The van der Waals surface area contributed by atoms with Crippen LogP contribution < -0.4 is 4.90 Å². The summed E-state index contributed by atoms with van der Waals surface area (Å²) in [5.41, 5.74) is 2.59. The number of rotatable bonds is 4. The van der Waals surface area contributed by atoms with Crippen LogP contribution in [-0.4, -0.2) is 52.2 Å². The zero-order chi connectivity index (χ0) is 13.8. The molecule has 0 N–H and O–H groups in total. The molecule has 20 heavy (non-hydrogen) atoms. The topological polar surface area (TPSA) is 37.2 Å². The summed E-state index contributed by atoms with van der Waals surface area (Å²) in [6, 6.07) is 2.12. The largest absolute Gasteiger partial charge is 0.369 e. The van der Waals surface area contributed by atoms with E-state index >= 15 is 0 Å². The molecule has 5 heteroatoms. The van der Waals surface area contributed by atoms with Crippen molar-refractivity contribution in [1.82, 2.24) is 19.4 Å². The number of aryl methyl sites for hydroxylation is 1. The van der Waals surface area contributed by atoms with Gasteiger partial charge >= 0.3 is 0 Å². The highest BCUT2D eigenvalue weighted by molar-refractivity contribution is 5.51. The van der Waals surface area contributed by atoms with Crippen LogP contribution in [0, 0.1) is 6.92 Å². The second-order valence-corrected chi connectivity index (χ2v) is 5.29. The summed E-state index contributed by atoms with van der Waals surface area (Å²) in [5, 5.41) is 0. The first kappa shape index (κ1) is 13.1. The van der Waals surface area contributed by atoms with Gasteiger partial charge in [0.25, 0.3) is 0 Å². The Morgan fingerprint density at radius 2 is 1.90 bits per heavy atom. The zero-order valence-electron chi connectivity index (χ0n) is 11.9. The predicted octanol–water partition coefficient (Wildman–Crippen LogP) is 1.41. The average Bonchev–Trinajstić information content (AvgIpc) is 3.00. The Bertz CT molecular complexity index is 529. The van der Waals surface area contributed by atoms with E-state index in [-0.39, 0.29) is 0 Å². The third kappa shape index (κ3) is 2.99. The Labute approximate surface area is 119 Å². The molecule has 0 aromatic carbocycles. The van der Waals surface area contributed by atoms with Gasteiger partial charge in [-0.15, -0.1) is 0 Å². The number of imidazole rings is 1. The normalized spacial score (nSPS) is 16.6. The third-order valence-electron chi connectivity index (χ3n) is 3.94. The Hall–Kier alpha value is -1.88. The summed E-state index contributed by atoms with van der Waals surface area (Å²) >= 11 is 0. The van der Waals surface area contributed by atoms with Gasteiger partial charge in [0.15, 0.2) is 0 Å². The minimum atomic E-state index is 1.02. The third-order valence-corrected chi connectivity index (χ3v) is 3.94. The Morgan fingerprint density at radius 3 is 2.60 bits per heavy atom. The lowest BCUT2D eigenvalue weighted by Crippen LogP contribution is -2.47. The van der Waals surface area contributed by atoms with Gasteiger partial charge < -0.3 is 9.47 Å². The van der Waals surface area contributed by atoms with Crippen LogP contribution in [0.1, 0.15) is 5.56 Å². The molecule has 1 aliphatic rings. The van der Waals surface area contributed by atoms with E-state index in [1.54, 1.807) is 0 Å². The highest BCUT2D eigenvalue weighted by atomic mass is 15.3. The van der Waals surface area contributed by atoms with Gasteiger partial charge in [0.05, 0.1) is 6.33 Å². The highest BCUT2D eigenvalue weighted by Gasteiger charge is 2.17. The van der Waals surface area contributed by atoms with Crippen molar-refractivity contribution in [3.8, 4) is 0 Å². The maximum Gasteiger partial charge on any atom is 0.0946 e. The van der Waals surface area contributed by atoms with Gasteiger partial charge in [-0.25, -0.2) is 4.98 Å². The lowest BCUT2D eigenvalue weighted by atomic mass is 10.2. The first-order chi connectivity index (χ1) is 9.83. The van der Waals surface area contributed by atoms with E-state index in [0.717, 1.165) is 39.3 Å². The number of piperazine rings is 1. The Morgan fingerprint density at radius 1 is 1.05 bits per heavy atom. The number of anilines is 1.